The van der Waals surface area contributed by atoms with Crippen LogP contribution in [0, 0.1) is 5.92 Å². The van der Waals surface area contributed by atoms with Crippen LogP contribution < -0.4 is 0 Å². The third-order valence-corrected chi connectivity index (χ3v) is 4.09. The Morgan fingerprint density at radius 3 is 2.64 bits per heavy atom. The van der Waals surface area contributed by atoms with Gasteiger partial charge in [-0.05, 0) is 31.2 Å². The van der Waals surface area contributed by atoms with Gasteiger partial charge in [0.25, 0.3) is 5.91 Å². The molecule has 3 unspecified atom stereocenters. The zero-order valence-electron chi connectivity index (χ0n) is 13.1. The van der Waals surface area contributed by atoms with Crippen molar-refractivity contribution < 1.29 is 19.4 Å². The predicted molar refractivity (Wildman–Crippen MR) is 82.3 cm³/mol. The molecule has 0 aromatic heterocycles. The number of amides is 1. The summed E-state index contributed by atoms with van der Waals surface area (Å²) < 4.78 is 5.61. The maximum absolute atomic E-state index is 12.8. The number of carbonyl (C=O) groups is 2. The summed E-state index contributed by atoms with van der Waals surface area (Å²) >= 11 is 0. The van der Waals surface area contributed by atoms with Crippen molar-refractivity contribution in [1.29, 1.82) is 0 Å². The Morgan fingerprint density at radius 1 is 1.36 bits per heavy atom. The van der Waals surface area contributed by atoms with Gasteiger partial charge >= 0.3 is 5.97 Å². The fourth-order valence-electron chi connectivity index (χ4n) is 2.89. The quantitative estimate of drug-likeness (QED) is 0.907. The highest BCUT2D eigenvalue weighted by molar-refractivity contribution is 5.87. The van der Waals surface area contributed by atoms with Gasteiger partial charge in [-0.3, -0.25) is 4.79 Å². The largest absolute Gasteiger partial charge is 0.480 e. The van der Waals surface area contributed by atoms with Gasteiger partial charge in [0.05, 0.1) is 0 Å². The maximum atomic E-state index is 12.8. The second kappa shape index (κ2) is 7.40. The number of carboxylic acid groups (broad SMARTS) is 1. The fraction of sp³-hybridized carbons (Fsp3) is 0.529. The van der Waals surface area contributed by atoms with E-state index in [1.165, 1.54) is 4.90 Å². The highest BCUT2D eigenvalue weighted by Crippen LogP contribution is 2.28. The molecule has 2 rings (SSSR count). The van der Waals surface area contributed by atoms with Crippen molar-refractivity contribution >= 4 is 11.9 Å². The summed E-state index contributed by atoms with van der Waals surface area (Å²) in [6.45, 7) is 4.71. The van der Waals surface area contributed by atoms with Crippen molar-refractivity contribution in [3.8, 4) is 0 Å². The first-order valence-electron chi connectivity index (χ1n) is 7.74. The maximum Gasteiger partial charge on any atom is 0.326 e. The lowest BCUT2D eigenvalue weighted by molar-refractivity contribution is -0.159. The monoisotopic (exact) mass is 305 g/mol. The summed E-state index contributed by atoms with van der Waals surface area (Å²) in [4.78, 5) is 25.8. The van der Waals surface area contributed by atoms with Gasteiger partial charge in [0.2, 0.25) is 0 Å². The lowest BCUT2D eigenvalue weighted by Crippen LogP contribution is -2.51. The number of aliphatic carboxylic acids is 1. The molecular formula is C17H23NO4. The Bertz CT molecular complexity index is 517. The average molecular weight is 305 g/mol. The number of nitrogens with zero attached hydrogens (tertiary/aromatic N) is 1. The number of carboxylic acids is 1. The Kier molecular flexibility index (Phi) is 5.55. The Morgan fingerprint density at radius 2 is 2.05 bits per heavy atom. The van der Waals surface area contributed by atoms with Crippen LogP contribution >= 0.6 is 0 Å². The van der Waals surface area contributed by atoms with E-state index in [0.29, 0.717) is 25.5 Å². The first-order chi connectivity index (χ1) is 10.5. The standard InChI is InChI=1S/C17H23NO4/c1-3-22-15(13-7-5-4-6-8-13)16(19)18-10-9-12(2)11-14(18)17(20)21/h4-8,12,14-15H,3,9-11H2,1-2H3,(H,20,21). The van der Waals surface area contributed by atoms with Crippen molar-refractivity contribution in [3.05, 3.63) is 35.9 Å². The van der Waals surface area contributed by atoms with Crippen LogP contribution in [0.4, 0.5) is 0 Å². The summed E-state index contributed by atoms with van der Waals surface area (Å²) in [7, 11) is 0. The van der Waals surface area contributed by atoms with Crippen molar-refractivity contribution in [1.82, 2.24) is 4.90 Å². The summed E-state index contributed by atoms with van der Waals surface area (Å²) in [6, 6.07) is 8.48. The minimum atomic E-state index is -0.941. The Hall–Kier alpha value is -1.88. The second-order valence-electron chi connectivity index (χ2n) is 5.76. The molecule has 5 nitrogen and oxygen atoms in total. The van der Waals surface area contributed by atoms with Crippen LogP contribution in [0.3, 0.4) is 0 Å². The van der Waals surface area contributed by atoms with E-state index in [2.05, 4.69) is 0 Å². The molecule has 1 fully saturated rings. The summed E-state index contributed by atoms with van der Waals surface area (Å²) in [5.74, 6) is -0.886. The number of carbonyl (C=O) groups excluding carboxylic acids is 1. The van der Waals surface area contributed by atoms with Crippen LogP contribution in [0.25, 0.3) is 0 Å². The molecule has 1 aliphatic heterocycles. The highest BCUT2D eigenvalue weighted by atomic mass is 16.5. The number of benzene rings is 1. The van der Waals surface area contributed by atoms with Crippen LogP contribution in [0.5, 0.6) is 0 Å². The number of hydrogen-bond acceptors (Lipinski definition) is 3. The number of piperidine rings is 1. The van der Waals surface area contributed by atoms with Gasteiger partial charge in [-0.25, -0.2) is 4.79 Å². The molecule has 120 valence electrons. The molecule has 1 N–H and O–H groups in total. The molecule has 1 heterocycles. The molecule has 0 saturated carbocycles. The molecule has 0 aliphatic carbocycles. The first-order valence-corrected chi connectivity index (χ1v) is 7.74. The van der Waals surface area contributed by atoms with E-state index in [9.17, 15) is 14.7 Å². The van der Waals surface area contributed by atoms with E-state index in [4.69, 9.17) is 4.74 Å². The Labute approximate surface area is 130 Å². The number of hydrogen-bond donors (Lipinski definition) is 1. The van der Waals surface area contributed by atoms with Gasteiger partial charge in [0, 0.05) is 13.2 Å². The number of rotatable bonds is 5. The van der Waals surface area contributed by atoms with E-state index in [0.717, 1.165) is 12.0 Å². The van der Waals surface area contributed by atoms with Gasteiger partial charge in [0.15, 0.2) is 6.10 Å². The van der Waals surface area contributed by atoms with E-state index < -0.39 is 18.1 Å². The Balaban J connectivity index is 2.24. The van der Waals surface area contributed by atoms with Crippen LogP contribution in [-0.4, -0.2) is 41.1 Å². The first kappa shape index (κ1) is 16.5. The van der Waals surface area contributed by atoms with Crippen molar-refractivity contribution in [2.24, 2.45) is 5.92 Å². The van der Waals surface area contributed by atoms with Crippen molar-refractivity contribution in [2.75, 3.05) is 13.2 Å². The SMILES string of the molecule is CCOC(C(=O)N1CCC(C)CC1C(=O)O)c1ccccc1. The van der Waals surface area contributed by atoms with Gasteiger partial charge in [-0.2, -0.15) is 0 Å². The normalized spacial score (nSPS) is 23.1. The second-order valence-corrected chi connectivity index (χ2v) is 5.76. The van der Waals surface area contributed by atoms with E-state index >= 15 is 0 Å². The minimum Gasteiger partial charge on any atom is -0.480 e. The molecule has 1 amide bonds. The lowest BCUT2D eigenvalue weighted by Gasteiger charge is -2.37. The zero-order chi connectivity index (χ0) is 16.1. The molecule has 0 radical (unpaired) electrons. The van der Waals surface area contributed by atoms with Gasteiger partial charge < -0.3 is 14.7 Å². The molecular weight excluding hydrogens is 282 g/mol. The highest BCUT2D eigenvalue weighted by Gasteiger charge is 2.38. The molecule has 22 heavy (non-hydrogen) atoms. The van der Waals surface area contributed by atoms with E-state index in [-0.39, 0.29) is 5.91 Å². The summed E-state index contributed by atoms with van der Waals surface area (Å²) in [5.41, 5.74) is 0.761. The van der Waals surface area contributed by atoms with Gasteiger partial charge in [-0.15, -0.1) is 0 Å². The van der Waals surface area contributed by atoms with Crippen molar-refractivity contribution in [2.45, 2.75) is 38.8 Å². The van der Waals surface area contributed by atoms with Crippen LogP contribution in [0.2, 0.25) is 0 Å². The average Bonchev–Trinajstić information content (AvgIpc) is 2.52. The molecule has 1 aliphatic rings. The summed E-state index contributed by atoms with van der Waals surface area (Å²) in [6.07, 6.45) is 0.583. The van der Waals surface area contributed by atoms with Gasteiger partial charge in [0.1, 0.15) is 6.04 Å². The third kappa shape index (κ3) is 3.65. The van der Waals surface area contributed by atoms with Crippen molar-refractivity contribution in [3.63, 3.8) is 0 Å². The smallest absolute Gasteiger partial charge is 0.326 e. The fourth-order valence-corrected chi connectivity index (χ4v) is 2.89. The summed E-state index contributed by atoms with van der Waals surface area (Å²) in [5, 5.41) is 9.42. The third-order valence-electron chi connectivity index (χ3n) is 4.09. The number of likely N-dealkylation sites (tertiary alicyclic amines) is 1. The van der Waals surface area contributed by atoms with E-state index in [1.807, 2.05) is 44.2 Å². The minimum absolute atomic E-state index is 0.257. The van der Waals surface area contributed by atoms with Crippen LogP contribution in [-0.2, 0) is 14.3 Å². The van der Waals surface area contributed by atoms with Crippen LogP contribution in [0.15, 0.2) is 30.3 Å². The molecule has 0 bridgehead atoms. The lowest BCUT2D eigenvalue weighted by atomic mass is 9.91. The molecule has 1 aromatic carbocycles. The zero-order valence-corrected chi connectivity index (χ0v) is 13.1. The number of ether oxygens (including phenoxy) is 1. The van der Waals surface area contributed by atoms with Gasteiger partial charge in [-0.1, -0.05) is 37.3 Å². The van der Waals surface area contributed by atoms with E-state index in [1.54, 1.807) is 0 Å². The molecule has 1 saturated heterocycles. The molecule has 5 heteroatoms. The molecule has 3 atom stereocenters. The molecule has 0 spiro atoms. The van der Waals surface area contributed by atoms with Crippen LogP contribution in [0.1, 0.15) is 38.4 Å². The molecule has 1 aromatic rings. The predicted octanol–water partition coefficient (Wildman–Crippen LogP) is 2.48. The topological polar surface area (TPSA) is 66.8 Å².